The Balaban J connectivity index is 0. The Morgan fingerprint density at radius 1 is 0.565 bits per heavy atom. The molecular formula is C21H42Al2. The van der Waals surface area contributed by atoms with Gasteiger partial charge in [0.05, 0.1) is 0 Å². The van der Waals surface area contributed by atoms with Crippen LogP contribution in [0.1, 0.15) is 41.5 Å². The lowest BCUT2D eigenvalue weighted by atomic mass is 10.2. The van der Waals surface area contributed by atoms with Crippen LogP contribution in [0.2, 0.25) is 31.7 Å². The predicted molar refractivity (Wildman–Crippen MR) is 115 cm³/mol. The zero-order valence-corrected chi connectivity index (χ0v) is 19.3. The molecule has 0 aromatic heterocycles. The molecule has 132 valence electrons. The summed E-state index contributed by atoms with van der Waals surface area (Å²) in [7, 11) is 0. The normalized spacial score (nSPS) is 10.3. The zero-order chi connectivity index (χ0) is 18.3. The Morgan fingerprint density at radius 2 is 0.826 bits per heavy atom. The highest BCUT2D eigenvalue weighted by Crippen LogP contribution is 2.21. The zero-order valence-electron chi connectivity index (χ0n) is 17.0. The third kappa shape index (κ3) is 20.2. The van der Waals surface area contributed by atoms with Gasteiger partial charge < -0.3 is 0 Å². The highest BCUT2D eigenvalue weighted by atomic mass is 27.2. The molecule has 0 unspecified atom stereocenters. The molecule has 0 heterocycles. The summed E-state index contributed by atoms with van der Waals surface area (Å²) in [4.78, 5) is 0. The van der Waals surface area contributed by atoms with Crippen LogP contribution in [0.5, 0.6) is 0 Å². The Hall–Kier alpha value is 0.285. The third-order valence-corrected chi connectivity index (χ3v) is 11.7. The summed E-state index contributed by atoms with van der Waals surface area (Å²) in [6.07, 6.45) is 6.05. The highest BCUT2D eigenvalue weighted by molar-refractivity contribution is 6.60. The van der Waals surface area contributed by atoms with Gasteiger partial charge in [-0.2, -0.15) is 0 Å². The fraction of sp³-hybridized carbons (Fsp3) is 0.714. The molecule has 0 saturated carbocycles. The molecule has 0 fully saturated rings. The average Bonchev–Trinajstić information content (AvgIpc) is 2.37. The van der Waals surface area contributed by atoms with E-state index in [1.807, 2.05) is 18.2 Å². The van der Waals surface area contributed by atoms with Crippen molar-refractivity contribution in [1.82, 2.24) is 0 Å². The van der Waals surface area contributed by atoms with E-state index >= 15 is 0 Å². The molecule has 0 nitrogen and oxygen atoms in total. The van der Waals surface area contributed by atoms with E-state index in [4.69, 9.17) is 0 Å². The van der Waals surface area contributed by atoms with Crippen molar-refractivity contribution in [3.05, 3.63) is 38.0 Å². The molecule has 2 heteroatoms. The number of hydrogen-bond acceptors (Lipinski definition) is 0. The number of hydrogen-bond donors (Lipinski definition) is 0. The minimum Gasteiger partial charge on any atom is -0.105 e. The van der Waals surface area contributed by atoms with Gasteiger partial charge in [0.2, 0.25) is 0 Å². The fourth-order valence-corrected chi connectivity index (χ4v) is 9.85. The van der Waals surface area contributed by atoms with Gasteiger partial charge >= 0.3 is 0 Å². The second-order valence-corrected chi connectivity index (χ2v) is 14.5. The molecule has 23 heavy (non-hydrogen) atoms. The predicted octanol–water partition coefficient (Wildman–Crippen LogP) is 7.49. The van der Waals surface area contributed by atoms with Crippen LogP contribution >= 0.6 is 0 Å². The van der Waals surface area contributed by atoms with Crippen LogP contribution in [0.3, 0.4) is 0 Å². The first-order chi connectivity index (χ1) is 10.8. The third-order valence-electron chi connectivity index (χ3n) is 3.91. The number of rotatable bonds is 12. The van der Waals surface area contributed by atoms with E-state index in [1.54, 1.807) is 15.8 Å². The van der Waals surface area contributed by atoms with E-state index in [0.717, 1.165) is 17.8 Å². The van der Waals surface area contributed by atoms with E-state index < -0.39 is 28.3 Å². The Labute approximate surface area is 156 Å². The lowest BCUT2D eigenvalue weighted by Gasteiger charge is -2.17. The van der Waals surface area contributed by atoms with Gasteiger partial charge in [0.1, 0.15) is 0 Å². The van der Waals surface area contributed by atoms with Gasteiger partial charge in [0, 0.05) is 0 Å². The van der Waals surface area contributed by atoms with Crippen molar-refractivity contribution in [2.45, 2.75) is 73.2 Å². The summed E-state index contributed by atoms with van der Waals surface area (Å²) in [6, 6.07) is 0. The van der Waals surface area contributed by atoms with Gasteiger partial charge in [0.15, 0.2) is 0 Å². The second kappa shape index (κ2) is 17.1. The smallest absolute Gasteiger partial charge is 0.105 e. The van der Waals surface area contributed by atoms with Gasteiger partial charge in [-0.05, 0) is 0 Å². The van der Waals surface area contributed by atoms with Crippen molar-refractivity contribution in [3.8, 4) is 0 Å². The van der Waals surface area contributed by atoms with Gasteiger partial charge in [-0.1, -0.05) is 91.0 Å². The molecule has 0 spiro atoms. The molecule has 0 rings (SSSR count). The van der Waals surface area contributed by atoms with Gasteiger partial charge in [-0.3, -0.25) is 0 Å². The minimum absolute atomic E-state index is 0.407. The summed E-state index contributed by atoms with van der Waals surface area (Å²) in [5, 5.41) is 8.28. The summed E-state index contributed by atoms with van der Waals surface area (Å²) in [5.74, 6) is 2.78. The standard InChI is InChI=1S/3C4H9.3C3H5.2Al/c3*1-4(2)3;3*1-3-2;;/h3*4H,1H2,2-3H3;3*3H,1-2H2;;. The van der Waals surface area contributed by atoms with Crippen LogP contribution in [-0.4, -0.2) is 28.3 Å². The Kier molecular flexibility index (Phi) is 19.0. The summed E-state index contributed by atoms with van der Waals surface area (Å²) in [5.41, 5.74) is 0. The monoisotopic (exact) mass is 348 g/mol. The molecular weight excluding hydrogens is 306 g/mol. The SMILES string of the molecule is C=C[CH2][Al]([CH2]C=C)[CH2]C=C.CC(C)[CH2][Al]([CH2]C(C)C)[CH2]C(C)C. The van der Waals surface area contributed by atoms with Crippen molar-refractivity contribution < 1.29 is 0 Å². The van der Waals surface area contributed by atoms with Crippen LogP contribution in [0, 0.1) is 17.8 Å². The lowest BCUT2D eigenvalue weighted by Crippen LogP contribution is -2.19. The van der Waals surface area contributed by atoms with E-state index in [9.17, 15) is 0 Å². The van der Waals surface area contributed by atoms with E-state index in [1.165, 1.54) is 15.8 Å². The maximum Gasteiger partial charge on any atom is 0.274 e. The Bertz CT molecular complexity index is 245. The molecule has 0 aromatic carbocycles. The maximum absolute atomic E-state index is 3.73. The highest BCUT2D eigenvalue weighted by Gasteiger charge is 2.20. The summed E-state index contributed by atoms with van der Waals surface area (Å²) >= 11 is -0.995. The van der Waals surface area contributed by atoms with Crippen molar-refractivity contribution >= 4 is 28.3 Å². The molecule has 0 atom stereocenters. The van der Waals surface area contributed by atoms with Crippen LogP contribution < -0.4 is 0 Å². The van der Waals surface area contributed by atoms with Crippen molar-refractivity contribution in [3.63, 3.8) is 0 Å². The lowest BCUT2D eigenvalue weighted by molar-refractivity contribution is 0.659. The minimum atomic E-state index is -0.588. The summed E-state index contributed by atoms with van der Waals surface area (Å²) < 4.78 is 0. The number of allylic oxidation sites excluding steroid dienone is 3. The molecule has 0 aliphatic carbocycles. The van der Waals surface area contributed by atoms with Crippen LogP contribution in [0.15, 0.2) is 38.0 Å². The molecule has 0 radical (unpaired) electrons. The van der Waals surface area contributed by atoms with Crippen LogP contribution in [-0.2, 0) is 0 Å². The summed E-state index contributed by atoms with van der Waals surface area (Å²) in [6.45, 7) is 25.4. The fourth-order valence-electron chi connectivity index (χ4n) is 3.28. The topological polar surface area (TPSA) is 0 Å². The second-order valence-electron chi connectivity index (χ2n) is 8.19. The quantitative estimate of drug-likeness (QED) is 0.253. The van der Waals surface area contributed by atoms with E-state index in [0.29, 0.717) is 0 Å². The average molecular weight is 349 g/mol. The van der Waals surface area contributed by atoms with Crippen LogP contribution in [0.4, 0.5) is 0 Å². The van der Waals surface area contributed by atoms with Gasteiger partial charge in [0.25, 0.3) is 28.3 Å². The Morgan fingerprint density at radius 3 is 1.00 bits per heavy atom. The molecule has 0 bridgehead atoms. The van der Waals surface area contributed by atoms with Gasteiger partial charge in [-0.25, -0.2) is 0 Å². The first kappa shape index (κ1) is 25.5. The molecule has 0 N–H and O–H groups in total. The maximum atomic E-state index is 3.73. The molecule has 0 aromatic rings. The first-order valence-corrected chi connectivity index (χ1v) is 14.5. The first-order valence-electron chi connectivity index (χ1n) is 9.59. The van der Waals surface area contributed by atoms with Crippen molar-refractivity contribution in [2.75, 3.05) is 0 Å². The van der Waals surface area contributed by atoms with E-state index in [-0.39, 0.29) is 0 Å². The van der Waals surface area contributed by atoms with Crippen molar-refractivity contribution in [1.29, 1.82) is 0 Å². The molecule has 0 amide bonds. The molecule has 0 aliphatic heterocycles. The van der Waals surface area contributed by atoms with Crippen molar-refractivity contribution in [2.24, 2.45) is 17.8 Å². The largest absolute Gasteiger partial charge is 0.274 e. The van der Waals surface area contributed by atoms with Gasteiger partial charge in [-0.15, -0.1) is 38.0 Å². The molecule has 0 aliphatic rings. The molecule has 0 saturated heterocycles. The van der Waals surface area contributed by atoms with Crippen LogP contribution in [0.25, 0.3) is 0 Å². The van der Waals surface area contributed by atoms with E-state index in [2.05, 4.69) is 61.3 Å².